The average molecular weight is 371 g/mol. The number of hydrogen-bond acceptors (Lipinski definition) is 2. The molecule has 0 saturated carbocycles. The summed E-state index contributed by atoms with van der Waals surface area (Å²) in [5.41, 5.74) is 2.76. The second kappa shape index (κ2) is 6.07. The zero-order valence-corrected chi connectivity index (χ0v) is 16.4. The summed E-state index contributed by atoms with van der Waals surface area (Å²) in [4.78, 5) is 0. The molecule has 4 rings (SSSR count). The molecule has 0 amide bonds. The summed E-state index contributed by atoms with van der Waals surface area (Å²) in [6, 6.07) is 21.0. The van der Waals surface area contributed by atoms with Crippen molar-refractivity contribution in [3.63, 3.8) is 0 Å². The maximum atomic E-state index is 6.33. The first-order valence-corrected chi connectivity index (χ1v) is 11.6. The van der Waals surface area contributed by atoms with Crippen molar-refractivity contribution in [1.29, 1.82) is 0 Å². The van der Waals surface area contributed by atoms with E-state index in [9.17, 15) is 0 Å². The zero-order chi connectivity index (χ0) is 16.7. The normalized spacial score (nSPS) is 18.3. The van der Waals surface area contributed by atoms with Crippen LogP contribution in [0.5, 0.6) is 5.75 Å². The quantitative estimate of drug-likeness (QED) is 0.623. The number of thiophene rings is 1. The molecule has 1 aromatic heterocycles. The van der Waals surface area contributed by atoms with Crippen LogP contribution in [0.2, 0.25) is 10.4 Å². The highest BCUT2D eigenvalue weighted by molar-refractivity contribution is 7.35. The van der Waals surface area contributed by atoms with Crippen molar-refractivity contribution in [1.82, 2.24) is 0 Å². The van der Waals surface area contributed by atoms with Crippen LogP contribution in [0.3, 0.4) is 0 Å². The largest absolute Gasteiger partial charge is 0.497 e. The fourth-order valence-corrected chi connectivity index (χ4v) is 11.9. The molecule has 0 fully saturated rings. The lowest BCUT2D eigenvalue weighted by Crippen LogP contribution is -2.63. The Bertz CT molecular complexity index is 904. The number of ether oxygens (including phenoxy) is 1. The van der Waals surface area contributed by atoms with E-state index in [1.54, 1.807) is 18.4 Å². The molecule has 0 N–H and O–H groups in total. The van der Waals surface area contributed by atoms with Gasteiger partial charge in [-0.2, -0.15) is 0 Å². The van der Waals surface area contributed by atoms with Crippen molar-refractivity contribution < 1.29 is 4.74 Å². The second-order valence-electron chi connectivity index (χ2n) is 6.22. The van der Waals surface area contributed by atoms with E-state index in [-0.39, 0.29) is 0 Å². The summed E-state index contributed by atoms with van der Waals surface area (Å²) in [6.07, 6.45) is 1.16. The summed E-state index contributed by atoms with van der Waals surface area (Å²) in [7, 11) is -0.278. The van der Waals surface area contributed by atoms with Crippen molar-refractivity contribution in [3.8, 4) is 16.9 Å². The Labute approximate surface area is 152 Å². The molecule has 1 nitrogen and oxygen atoms in total. The molecule has 1 aliphatic heterocycles. The number of rotatable bonds is 4. The second-order valence-corrected chi connectivity index (χ2v) is 12.2. The highest BCUT2D eigenvalue weighted by atomic mass is 35.5. The lowest BCUT2D eigenvalue weighted by atomic mass is 10.1. The standard InChI is InChI=1S/C20H19ClOSSi/c1-3-12-24(20-11-10-19(21)23-20)17-7-5-4-6-15(17)16-9-8-14(22-2)13-18(16)24/h4-11,13H,3,12H2,1-2H3/t24-/m0/s1. The summed E-state index contributed by atoms with van der Waals surface area (Å²) < 4.78 is 7.88. The van der Waals surface area contributed by atoms with Gasteiger partial charge in [-0.15, -0.1) is 11.3 Å². The lowest BCUT2D eigenvalue weighted by molar-refractivity contribution is 0.415. The molecule has 0 bridgehead atoms. The van der Waals surface area contributed by atoms with Crippen molar-refractivity contribution >= 4 is 45.9 Å². The minimum Gasteiger partial charge on any atom is -0.497 e. The van der Waals surface area contributed by atoms with Crippen LogP contribution in [-0.2, 0) is 0 Å². The van der Waals surface area contributed by atoms with Gasteiger partial charge in [0.2, 0.25) is 0 Å². The summed E-state index contributed by atoms with van der Waals surface area (Å²) >= 11 is 8.08. The molecule has 0 spiro atoms. The predicted octanol–water partition coefficient (Wildman–Crippen LogP) is 4.27. The first kappa shape index (κ1) is 15.9. The number of hydrogen-bond donors (Lipinski definition) is 0. The summed E-state index contributed by atoms with van der Waals surface area (Å²) in [5, 5.41) is 3.00. The fourth-order valence-electron chi connectivity index (χ4n) is 4.05. The third-order valence-corrected chi connectivity index (χ3v) is 12.3. The first-order valence-electron chi connectivity index (χ1n) is 8.25. The molecule has 24 heavy (non-hydrogen) atoms. The molecule has 1 aliphatic rings. The smallest absolute Gasteiger partial charge is 0.162 e. The van der Waals surface area contributed by atoms with Crippen LogP contribution in [0.4, 0.5) is 0 Å². The van der Waals surface area contributed by atoms with Gasteiger partial charge in [0.1, 0.15) is 5.75 Å². The first-order chi connectivity index (χ1) is 11.7. The maximum Gasteiger partial charge on any atom is 0.162 e. The number of fused-ring (bicyclic) bond motifs is 3. The van der Waals surface area contributed by atoms with E-state index in [4.69, 9.17) is 16.3 Å². The molecular weight excluding hydrogens is 352 g/mol. The van der Waals surface area contributed by atoms with Crippen LogP contribution in [-0.4, -0.2) is 15.2 Å². The van der Waals surface area contributed by atoms with Gasteiger partial charge in [0.05, 0.1) is 11.4 Å². The van der Waals surface area contributed by atoms with Gasteiger partial charge >= 0.3 is 0 Å². The van der Waals surface area contributed by atoms with Crippen molar-refractivity contribution in [2.24, 2.45) is 0 Å². The molecule has 2 aromatic carbocycles. The monoisotopic (exact) mass is 370 g/mol. The SMILES string of the molecule is CCC[Si@]1(c2ccc(Cl)s2)c2ccccc2-c2ccc(OC)cc21. The molecule has 0 saturated heterocycles. The van der Waals surface area contributed by atoms with Crippen molar-refractivity contribution in [2.75, 3.05) is 7.11 Å². The van der Waals surface area contributed by atoms with E-state index in [2.05, 4.69) is 55.5 Å². The molecule has 1 atom stereocenters. The van der Waals surface area contributed by atoms with Gasteiger partial charge < -0.3 is 4.74 Å². The number of benzene rings is 2. The molecule has 0 aliphatic carbocycles. The number of methoxy groups -OCH3 is 1. The van der Waals surface area contributed by atoms with Crippen LogP contribution in [0.25, 0.3) is 11.1 Å². The molecule has 122 valence electrons. The van der Waals surface area contributed by atoms with Crippen LogP contribution >= 0.6 is 22.9 Å². The van der Waals surface area contributed by atoms with E-state index < -0.39 is 8.07 Å². The fraction of sp³-hybridized carbons (Fsp3) is 0.200. The summed E-state index contributed by atoms with van der Waals surface area (Å²) in [5.74, 6) is 0.942. The van der Waals surface area contributed by atoms with Crippen LogP contribution < -0.4 is 19.6 Å². The van der Waals surface area contributed by atoms with E-state index in [0.29, 0.717) is 0 Å². The molecular formula is C20H19ClOSSi. The molecule has 4 heteroatoms. The topological polar surface area (TPSA) is 9.23 Å². The Morgan fingerprint density at radius 1 is 1.00 bits per heavy atom. The zero-order valence-electron chi connectivity index (χ0n) is 13.8. The van der Waals surface area contributed by atoms with Crippen LogP contribution in [0.1, 0.15) is 13.3 Å². The number of halogens is 1. The Morgan fingerprint density at radius 3 is 2.50 bits per heavy atom. The van der Waals surface area contributed by atoms with Gasteiger partial charge in [0.25, 0.3) is 0 Å². The van der Waals surface area contributed by atoms with Gasteiger partial charge in [-0.3, -0.25) is 0 Å². The van der Waals surface area contributed by atoms with Crippen LogP contribution in [0.15, 0.2) is 54.6 Å². The highest BCUT2D eigenvalue weighted by Crippen LogP contribution is 2.34. The minimum absolute atomic E-state index is 0.877. The van der Waals surface area contributed by atoms with Gasteiger partial charge in [0, 0.05) is 4.50 Å². The maximum absolute atomic E-state index is 6.33. The highest BCUT2D eigenvalue weighted by Gasteiger charge is 2.47. The van der Waals surface area contributed by atoms with Gasteiger partial charge in [0.15, 0.2) is 8.07 Å². The van der Waals surface area contributed by atoms with E-state index in [1.807, 2.05) is 6.07 Å². The van der Waals surface area contributed by atoms with Gasteiger partial charge in [-0.1, -0.05) is 61.3 Å². The Morgan fingerprint density at radius 2 is 1.79 bits per heavy atom. The molecule has 0 unspecified atom stereocenters. The minimum atomic E-state index is -2.02. The van der Waals surface area contributed by atoms with E-state index in [0.717, 1.165) is 16.5 Å². The molecule has 3 aromatic rings. The Balaban J connectivity index is 2.08. The predicted molar refractivity (Wildman–Crippen MR) is 108 cm³/mol. The third kappa shape index (κ3) is 2.19. The molecule has 2 heterocycles. The van der Waals surface area contributed by atoms with E-state index in [1.165, 1.54) is 32.0 Å². The van der Waals surface area contributed by atoms with Crippen molar-refractivity contribution in [2.45, 2.75) is 19.4 Å². The van der Waals surface area contributed by atoms with Gasteiger partial charge in [-0.05, 0) is 45.7 Å². The summed E-state index contributed by atoms with van der Waals surface area (Å²) in [6.45, 7) is 2.28. The third-order valence-electron chi connectivity index (χ3n) is 4.98. The van der Waals surface area contributed by atoms with Crippen LogP contribution in [0, 0.1) is 0 Å². The Hall–Kier alpha value is -1.55. The van der Waals surface area contributed by atoms with Gasteiger partial charge in [-0.25, -0.2) is 0 Å². The Kier molecular flexibility index (Phi) is 4.03. The van der Waals surface area contributed by atoms with Crippen molar-refractivity contribution in [3.05, 3.63) is 58.9 Å². The lowest BCUT2D eigenvalue weighted by Gasteiger charge is -2.28. The molecule has 0 radical (unpaired) electrons. The van der Waals surface area contributed by atoms with E-state index >= 15 is 0 Å². The average Bonchev–Trinajstić information content (AvgIpc) is 3.16.